The van der Waals surface area contributed by atoms with Crippen molar-refractivity contribution in [3.63, 3.8) is 0 Å². The Bertz CT molecular complexity index is 3470. The Morgan fingerprint density at radius 1 is 0.333 bits per heavy atom. The molecule has 0 bridgehead atoms. The van der Waals surface area contributed by atoms with Crippen molar-refractivity contribution >= 4 is 65.7 Å². The highest BCUT2D eigenvalue weighted by Crippen LogP contribution is 2.40. The van der Waals surface area contributed by atoms with Gasteiger partial charge in [0, 0.05) is 49.0 Å². The molecule has 4 aromatic heterocycles. The van der Waals surface area contributed by atoms with Crippen molar-refractivity contribution in [2.75, 3.05) is 0 Å². The number of hydrogen-bond acceptors (Lipinski definition) is 5. The van der Waals surface area contributed by atoms with Gasteiger partial charge in [-0.1, -0.05) is 140 Å². The second-order valence-electron chi connectivity index (χ2n) is 14.4. The maximum Gasteiger partial charge on any atom is 0.238 e. The fraction of sp³-hybridized carbons (Fsp3) is 0. The number of fused-ring (bicyclic) bond motifs is 9. The zero-order valence-corrected chi connectivity index (χ0v) is 30.4. The van der Waals surface area contributed by atoms with Gasteiger partial charge in [0.25, 0.3) is 0 Å². The number of hydrogen-bond donors (Lipinski definition) is 0. The standard InChI is InChI=1S/C51H30N4O2/c1-2-11-32(12-3-1)49-52-50(54-51(53-49)55-43-18-7-4-13-37(43)38-14-5-8-19-44(38)55)33-23-21-31(22-24-33)34-25-27-47-42(29-34)40-17-10-16-36(48(40)57-47)35-26-28-46-41(30-35)39-15-6-9-20-45(39)56-46/h1-30H. The summed E-state index contributed by atoms with van der Waals surface area (Å²) < 4.78 is 14.8. The van der Waals surface area contributed by atoms with Crippen molar-refractivity contribution in [1.82, 2.24) is 19.5 Å². The normalized spacial score (nSPS) is 11.9. The van der Waals surface area contributed by atoms with Crippen LogP contribution in [0.2, 0.25) is 0 Å². The number of furan rings is 2. The SMILES string of the molecule is c1ccc(-c2nc(-c3ccc(-c4ccc5oc6c(-c7ccc8oc9ccccc9c8c7)cccc6c5c4)cc3)nc(-n3c4ccccc4c4ccccc43)n2)cc1. The van der Waals surface area contributed by atoms with E-state index in [0.717, 1.165) is 99.1 Å². The minimum atomic E-state index is 0.579. The smallest absolute Gasteiger partial charge is 0.238 e. The molecule has 0 saturated carbocycles. The molecule has 0 aliphatic carbocycles. The molecule has 0 radical (unpaired) electrons. The molecule has 0 aliphatic rings. The summed E-state index contributed by atoms with van der Waals surface area (Å²) in [6, 6.07) is 62.7. The lowest BCUT2D eigenvalue weighted by Gasteiger charge is -2.11. The van der Waals surface area contributed by atoms with Crippen LogP contribution in [0, 0.1) is 0 Å². The fourth-order valence-electron chi connectivity index (χ4n) is 8.36. The van der Waals surface area contributed by atoms with E-state index >= 15 is 0 Å². The van der Waals surface area contributed by atoms with Gasteiger partial charge in [0.1, 0.15) is 22.3 Å². The van der Waals surface area contributed by atoms with E-state index in [1.54, 1.807) is 0 Å². The molecule has 8 aromatic carbocycles. The summed E-state index contributed by atoms with van der Waals surface area (Å²) in [5.74, 6) is 1.81. The average molecular weight is 731 g/mol. The molecule has 266 valence electrons. The third-order valence-electron chi connectivity index (χ3n) is 11.1. The zero-order chi connectivity index (χ0) is 37.5. The van der Waals surface area contributed by atoms with Crippen molar-refractivity contribution in [3.05, 3.63) is 182 Å². The number of para-hydroxylation sites is 4. The molecular weight excluding hydrogens is 701 g/mol. The Labute approximate surface area is 325 Å². The van der Waals surface area contributed by atoms with Gasteiger partial charge in [0.15, 0.2) is 11.6 Å². The predicted molar refractivity (Wildman–Crippen MR) is 230 cm³/mol. The van der Waals surface area contributed by atoms with Crippen LogP contribution in [0.25, 0.3) is 117 Å². The van der Waals surface area contributed by atoms with Gasteiger partial charge in [0.2, 0.25) is 5.95 Å². The quantitative estimate of drug-likeness (QED) is 0.176. The maximum absolute atomic E-state index is 6.58. The average Bonchev–Trinajstić information content (AvgIpc) is 3.96. The van der Waals surface area contributed by atoms with Gasteiger partial charge in [-0.2, -0.15) is 9.97 Å². The number of rotatable bonds is 5. The summed E-state index contributed by atoms with van der Waals surface area (Å²) in [4.78, 5) is 15.2. The number of benzene rings is 8. The van der Waals surface area contributed by atoms with E-state index in [2.05, 4.69) is 138 Å². The summed E-state index contributed by atoms with van der Waals surface area (Å²) in [5.41, 5.74) is 11.7. The highest BCUT2D eigenvalue weighted by Gasteiger charge is 2.19. The van der Waals surface area contributed by atoms with Crippen LogP contribution in [-0.2, 0) is 0 Å². The summed E-state index contributed by atoms with van der Waals surface area (Å²) >= 11 is 0. The van der Waals surface area contributed by atoms with Gasteiger partial charge in [-0.25, -0.2) is 4.98 Å². The van der Waals surface area contributed by atoms with E-state index < -0.39 is 0 Å². The Morgan fingerprint density at radius 3 is 1.61 bits per heavy atom. The molecule has 0 spiro atoms. The molecule has 6 heteroatoms. The first-order chi connectivity index (χ1) is 28.2. The van der Waals surface area contributed by atoms with Crippen molar-refractivity contribution in [3.8, 4) is 51.0 Å². The summed E-state index contributed by atoms with van der Waals surface area (Å²) in [6.45, 7) is 0. The van der Waals surface area contributed by atoms with Crippen LogP contribution in [0.4, 0.5) is 0 Å². The van der Waals surface area contributed by atoms with Crippen LogP contribution in [-0.4, -0.2) is 19.5 Å². The Hall–Kier alpha value is -7.83. The van der Waals surface area contributed by atoms with Crippen LogP contribution >= 0.6 is 0 Å². The first kappa shape index (κ1) is 31.5. The lowest BCUT2D eigenvalue weighted by atomic mass is 9.98. The molecule has 6 nitrogen and oxygen atoms in total. The monoisotopic (exact) mass is 730 g/mol. The van der Waals surface area contributed by atoms with E-state index in [-0.39, 0.29) is 0 Å². The van der Waals surface area contributed by atoms with Crippen LogP contribution in [0.3, 0.4) is 0 Å². The highest BCUT2D eigenvalue weighted by atomic mass is 16.3. The van der Waals surface area contributed by atoms with E-state index in [1.807, 2.05) is 48.5 Å². The minimum Gasteiger partial charge on any atom is -0.456 e. The molecule has 0 atom stereocenters. The fourth-order valence-corrected chi connectivity index (χ4v) is 8.36. The lowest BCUT2D eigenvalue weighted by molar-refractivity contribution is 0.668. The minimum absolute atomic E-state index is 0.579. The zero-order valence-electron chi connectivity index (χ0n) is 30.4. The van der Waals surface area contributed by atoms with Crippen molar-refractivity contribution in [2.45, 2.75) is 0 Å². The van der Waals surface area contributed by atoms with Crippen LogP contribution in [0.15, 0.2) is 191 Å². The molecule has 0 fully saturated rings. The van der Waals surface area contributed by atoms with Gasteiger partial charge < -0.3 is 8.83 Å². The molecule has 57 heavy (non-hydrogen) atoms. The van der Waals surface area contributed by atoms with E-state index in [1.165, 1.54) is 0 Å². The number of nitrogens with zero attached hydrogens (tertiary/aromatic N) is 4. The Kier molecular flexibility index (Phi) is 6.83. The van der Waals surface area contributed by atoms with Gasteiger partial charge in [-0.05, 0) is 59.2 Å². The van der Waals surface area contributed by atoms with E-state index in [4.69, 9.17) is 23.8 Å². The van der Waals surface area contributed by atoms with Gasteiger partial charge in [-0.3, -0.25) is 4.57 Å². The highest BCUT2D eigenvalue weighted by molar-refractivity contribution is 6.12. The predicted octanol–water partition coefficient (Wildman–Crippen LogP) is 13.4. The molecule has 12 rings (SSSR count). The van der Waals surface area contributed by atoms with Gasteiger partial charge >= 0.3 is 0 Å². The van der Waals surface area contributed by atoms with Crippen LogP contribution < -0.4 is 0 Å². The first-order valence-electron chi connectivity index (χ1n) is 19.0. The Balaban J connectivity index is 0.944. The van der Waals surface area contributed by atoms with E-state index in [0.29, 0.717) is 17.6 Å². The first-order valence-corrected chi connectivity index (χ1v) is 19.0. The third kappa shape index (κ3) is 5.01. The summed E-state index contributed by atoms with van der Waals surface area (Å²) in [6.07, 6.45) is 0. The van der Waals surface area contributed by atoms with Crippen molar-refractivity contribution in [2.24, 2.45) is 0 Å². The number of aromatic nitrogens is 4. The van der Waals surface area contributed by atoms with Crippen LogP contribution in [0.1, 0.15) is 0 Å². The van der Waals surface area contributed by atoms with Crippen molar-refractivity contribution in [1.29, 1.82) is 0 Å². The van der Waals surface area contributed by atoms with Crippen molar-refractivity contribution < 1.29 is 8.83 Å². The third-order valence-corrected chi connectivity index (χ3v) is 11.1. The molecule has 12 aromatic rings. The topological polar surface area (TPSA) is 69.9 Å². The second-order valence-corrected chi connectivity index (χ2v) is 14.4. The molecule has 0 unspecified atom stereocenters. The summed E-state index contributed by atoms with van der Waals surface area (Å²) in [5, 5.41) is 6.67. The maximum atomic E-state index is 6.58. The van der Waals surface area contributed by atoms with Gasteiger partial charge in [-0.15, -0.1) is 0 Å². The second kappa shape index (κ2) is 12.3. The Morgan fingerprint density at radius 2 is 0.860 bits per heavy atom. The molecular formula is C51H30N4O2. The largest absolute Gasteiger partial charge is 0.456 e. The molecule has 0 saturated heterocycles. The van der Waals surface area contributed by atoms with E-state index in [9.17, 15) is 0 Å². The molecule has 4 heterocycles. The molecule has 0 amide bonds. The lowest BCUT2D eigenvalue weighted by Crippen LogP contribution is -2.06. The molecule has 0 aliphatic heterocycles. The van der Waals surface area contributed by atoms with Crippen LogP contribution in [0.5, 0.6) is 0 Å². The van der Waals surface area contributed by atoms with Gasteiger partial charge in [0.05, 0.1) is 11.0 Å². The summed E-state index contributed by atoms with van der Waals surface area (Å²) in [7, 11) is 0. The molecule has 0 N–H and O–H groups in total.